The lowest BCUT2D eigenvalue weighted by atomic mass is 9.64. The van der Waals surface area contributed by atoms with E-state index in [1.165, 1.54) is 43.7 Å². The minimum Gasteiger partial charge on any atom is -0.220 e. The second-order valence-corrected chi connectivity index (χ2v) is 8.75. The van der Waals surface area contributed by atoms with E-state index in [1.54, 1.807) is 0 Å². The monoisotopic (exact) mass is 363 g/mol. The zero-order valence-corrected chi connectivity index (χ0v) is 16.5. The van der Waals surface area contributed by atoms with Crippen molar-refractivity contribution in [1.82, 2.24) is 4.40 Å². The van der Waals surface area contributed by atoms with Crippen LogP contribution in [0.1, 0.15) is 26.3 Å². The molecule has 136 valence electrons. The van der Waals surface area contributed by atoms with Gasteiger partial charge in [-0.1, -0.05) is 62.9 Å². The number of para-hydroxylation sites is 1. The number of rotatable bonds is 1. The van der Waals surface area contributed by atoms with Gasteiger partial charge in [-0.25, -0.2) is 4.57 Å². The summed E-state index contributed by atoms with van der Waals surface area (Å²) in [5.41, 5.74) is 3.59. The number of fused-ring (bicyclic) bond motifs is 5. The smallest absolute Gasteiger partial charge is 0.220 e. The van der Waals surface area contributed by atoms with Gasteiger partial charge in [0.25, 0.3) is 5.65 Å². The Labute approximate surface area is 164 Å². The van der Waals surface area contributed by atoms with E-state index in [9.17, 15) is 0 Å². The average Bonchev–Trinajstić information content (AvgIpc) is 3.17. The van der Waals surface area contributed by atoms with Crippen molar-refractivity contribution in [3.05, 3.63) is 85.2 Å². The number of allylic oxidation sites excluding steroid dienone is 1. The Kier molecular flexibility index (Phi) is 2.74. The largest absolute Gasteiger partial charge is 0.295 e. The van der Waals surface area contributed by atoms with Gasteiger partial charge in [0, 0.05) is 16.2 Å². The maximum atomic E-state index is 4.27. The zero-order valence-electron chi connectivity index (χ0n) is 16.5. The standard InChI is InChI=1S/C26H23N2/c1-5-26(4)25(2,3)23-18-11-7-6-10-17(18)16-20-19-12-8-9-13-21(19)27-14-15-28(26)24(27)22(20)23/h5-16H,1H2,2-4H3/q+1. The van der Waals surface area contributed by atoms with Crippen molar-refractivity contribution in [2.75, 3.05) is 0 Å². The Morgan fingerprint density at radius 1 is 0.929 bits per heavy atom. The topological polar surface area (TPSA) is 8.29 Å². The van der Waals surface area contributed by atoms with Crippen molar-refractivity contribution in [3.63, 3.8) is 0 Å². The minimum atomic E-state index is -0.228. The first-order chi connectivity index (χ1) is 13.5. The summed E-state index contributed by atoms with van der Waals surface area (Å²) in [4.78, 5) is 0. The predicted molar refractivity (Wildman–Crippen MR) is 117 cm³/mol. The fourth-order valence-corrected chi connectivity index (χ4v) is 5.46. The molecule has 2 nitrogen and oxygen atoms in total. The molecule has 3 aromatic carbocycles. The molecule has 1 aliphatic rings. The number of aromatic nitrogens is 2. The fourth-order valence-electron chi connectivity index (χ4n) is 5.46. The lowest BCUT2D eigenvalue weighted by Crippen LogP contribution is -2.64. The number of pyridine rings is 1. The summed E-state index contributed by atoms with van der Waals surface area (Å²) < 4.78 is 4.78. The molecule has 0 spiro atoms. The Balaban J connectivity index is 2.07. The Morgan fingerprint density at radius 3 is 2.43 bits per heavy atom. The number of nitrogens with zero attached hydrogens (tertiary/aromatic N) is 2. The van der Waals surface area contributed by atoms with Gasteiger partial charge >= 0.3 is 0 Å². The second kappa shape index (κ2) is 4.82. The molecule has 3 heterocycles. The van der Waals surface area contributed by atoms with Gasteiger partial charge in [0.15, 0.2) is 0 Å². The highest BCUT2D eigenvalue weighted by Crippen LogP contribution is 2.49. The highest BCUT2D eigenvalue weighted by molar-refractivity contribution is 6.18. The van der Waals surface area contributed by atoms with Crippen LogP contribution in [0.3, 0.4) is 0 Å². The maximum Gasteiger partial charge on any atom is 0.295 e. The van der Waals surface area contributed by atoms with E-state index in [-0.39, 0.29) is 11.0 Å². The van der Waals surface area contributed by atoms with Crippen LogP contribution < -0.4 is 4.57 Å². The van der Waals surface area contributed by atoms with Gasteiger partial charge in [0.2, 0.25) is 0 Å². The summed E-state index contributed by atoms with van der Waals surface area (Å²) in [5.74, 6) is 0. The Bertz CT molecular complexity index is 1470. The van der Waals surface area contributed by atoms with Crippen LogP contribution in [-0.4, -0.2) is 4.40 Å². The highest BCUT2D eigenvalue weighted by atomic mass is 15.2. The lowest BCUT2D eigenvalue weighted by Gasteiger charge is -2.43. The van der Waals surface area contributed by atoms with E-state index in [0.29, 0.717) is 0 Å². The van der Waals surface area contributed by atoms with Crippen molar-refractivity contribution in [2.24, 2.45) is 0 Å². The summed E-state index contributed by atoms with van der Waals surface area (Å²) in [6.45, 7) is 11.3. The molecule has 1 aliphatic heterocycles. The number of hydrogen-bond acceptors (Lipinski definition) is 0. The third-order valence-electron chi connectivity index (χ3n) is 7.34. The van der Waals surface area contributed by atoms with E-state index >= 15 is 0 Å². The molecular weight excluding hydrogens is 340 g/mol. The van der Waals surface area contributed by atoms with E-state index in [4.69, 9.17) is 0 Å². The molecule has 0 bridgehead atoms. The molecule has 0 aliphatic carbocycles. The summed E-state index contributed by atoms with van der Waals surface area (Å²) in [6.07, 6.45) is 6.56. The SMILES string of the molecule is C=CC1(C)[n+]2ccn3c4ccccc4c4cc5ccccc5c(c4c32)C1(C)C. The van der Waals surface area contributed by atoms with Crippen LogP contribution >= 0.6 is 0 Å². The molecular formula is C26H23N2+. The highest BCUT2D eigenvalue weighted by Gasteiger charge is 2.52. The van der Waals surface area contributed by atoms with Gasteiger partial charge < -0.3 is 0 Å². The van der Waals surface area contributed by atoms with Gasteiger partial charge in [-0.05, 0) is 41.5 Å². The van der Waals surface area contributed by atoms with E-state index in [2.05, 4.69) is 109 Å². The molecule has 0 N–H and O–H groups in total. The minimum absolute atomic E-state index is 0.115. The van der Waals surface area contributed by atoms with Crippen molar-refractivity contribution in [2.45, 2.75) is 31.7 Å². The first kappa shape index (κ1) is 15.9. The summed E-state index contributed by atoms with van der Waals surface area (Å²) in [7, 11) is 0. The molecule has 2 aromatic heterocycles. The zero-order chi connectivity index (χ0) is 19.3. The maximum absolute atomic E-state index is 4.27. The molecule has 0 saturated heterocycles. The number of hydrogen-bond donors (Lipinski definition) is 0. The van der Waals surface area contributed by atoms with Crippen LogP contribution in [0, 0.1) is 0 Å². The normalized spacial score (nSPS) is 20.5. The molecule has 0 amide bonds. The Morgan fingerprint density at radius 2 is 1.64 bits per heavy atom. The first-order valence-corrected chi connectivity index (χ1v) is 9.92. The van der Waals surface area contributed by atoms with Gasteiger partial charge in [-0.15, -0.1) is 0 Å². The van der Waals surface area contributed by atoms with E-state index in [1.807, 2.05) is 0 Å². The van der Waals surface area contributed by atoms with Crippen LogP contribution in [0.2, 0.25) is 0 Å². The van der Waals surface area contributed by atoms with Gasteiger partial charge in [0.1, 0.15) is 23.4 Å². The van der Waals surface area contributed by atoms with Crippen LogP contribution in [0.15, 0.2) is 79.6 Å². The van der Waals surface area contributed by atoms with Crippen molar-refractivity contribution in [1.29, 1.82) is 0 Å². The summed E-state index contributed by atoms with van der Waals surface area (Å²) >= 11 is 0. The quantitative estimate of drug-likeness (QED) is 0.152. The van der Waals surface area contributed by atoms with Gasteiger partial charge in [-0.2, -0.15) is 4.40 Å². The van der Waals surface area contributed by atoms with E-state index < -0.39 is 0 Å². The second-order valence-electron chi connectivity index (χ2n) is 8.75. The fraction of sp³-hybridized carbons (Fsp3) is 0.192. The third kappa shape index (κ3) is 1.56. The molecule has 0 radical (unpaired) electrons. The van der Waals surface area contributed by atoms with Crippen LogP contribution in [0.25, 0.3) is 38.1 Å². The third-order valence-corrected chi connectivity index (χ3v) is 7.34. The lowest BCUT2D eigenvalue weighted by molar-refractivity contribution is -0.735. The van der Waals surface area contributed by atoms with Crippen molar-refractivity contribution < 1.29 is 4.57 Å². The molecule has 28 heavy (non-hydrogen) atoms. The summed E-state index contributed by atoms with van der Waals surface area (Å²) in [5, 5.41) is 6.66. The molecule has 2 heteroatoms. The number of imidazole rings is 1. The molecule has 1 atom stereocenters. The molecule has 1 unspecified atom stereocenters. The number of benzene rings is 3. The van der Waals surface area contributed by atoms with Crippen molar-refractivity contribution in [3.8, 4) is 0 Å². The average molecular weight is 363 g/mol. The van der Waals surface area contributed by atoms with Crippen LogP contribution in [0.5, 0.6) is 0 Å². The predicted octanol–water partition coefficient (Wildman–Crippen LogP) is 5.88. The van der Waals surface area contributed by atoms with Crippen LogP contribution in [-0.2, 0) is 11.0 Å². The van der Waals surface area contributed by atoms with Gasteiger partial charge in [-0.3, -0.25) is 0 Å². The summed E-state index contributed by atoms with van der Waals surface area (Å²) in [6, 6.07) is 19.9. The molecule has 6 rings (SSSR count). The van der Waals surface area contributed by atoms with E-state index in [0.717, 1.165) is 0 Å². The van der Waals surface area contributed by atoms with Gasteiger partial charge in [0.05, 0.1) is 5.39 Å². The molecule has 0 fully saturated rings. The van der Waals surface area contributed by atoms with Crippen molar-refractivity contribution >= 4 is 38.1 Å². The molecule has 5 aromatic rings. The first-order valence-electron chi connectivity index (χ1n) is 9.92. The Hall–Kier alpha value is -3.13. The van der Waals surface area contributed by atoms with Crippen LogP contribution in [0.4, 0.5) is 0 Å². The molecule has 0 saturated carbocycles.